The van der Waals surface area contributed by atoms with Crippen molar-refractivity contribution in [3.8, 4) is 0 Å². The standard InChI is InChI=1S/C20H24N4O3/c1-14-6-2-3-8-16(14)22-18(25)13-23-17-9-4-10-21-19(17)24(20(23)26)12-15-7-5-11-27-15/h4-5,7,9-11,14,16H,2-3,6,8,12-13H2,1H3,(H,22,25)/t14-,16-/m1/s1. The fraction of sp³-hybridized carbons (Fsp3) is 0.450. The van der Waals surface area contributed by atoms with E-state index >= 15 is 0 Å². The number of pyridine rings is 1. The molecular formula is C20H24N4O3. The first-order valence-corrected chi connectivity index (χ1v) is 9.49. The molecule has 1 N–H and O–H groups in total. The second-order valence-corrected chi connectivity index (χ2v) is 7.32. The monoisotopic (exact) mass is 368 g/mol. The third kappa shape index (κ3) is 3.54. The van der Waals surface area contributed by atoms with Gasteiger partial charge in [0, 0.05) is 12.2 Å². The van der Waals surface area contributed by atoms with E-state index in [1.54, 1.807) is 29.2 Å². The Kier molecular flexibility index (Phi) is 4.83. The first-order chi connectivity index (χ1) is 13.1. The van der Waals surface area contributed by atoms with Crippen LogP contribution in [0.5, 0.6) is 0 Å². The Morgan fingerprint density at radius 2 is 2.11 bits per heavy atom. The molecule has 1 aliphatic rings. The fourth-order valence-corrected chi connectivity index (χ4v) is 3.93. The molecule has 0 unspecified atom stereocenters. The molecule has 0 radical (unpaired) electrons. The van der Waals surface area contributed by atoms with Crippen LogP contribution in [0, 0.1) is 5.92 Å². The minimum absolute atomic E-state index is 0.00456. The Hall–Kier alpha value is -2.83. The molecule has 3 aromatic rings. The summed E-state index contributed by atoms with van der Waals surface area (Å²) in [5, 5.41) is 3.12. The molecule has 142 valence electrons. The molecule has 0 bridgehead atoms. The van der Waals surface area contributed by atoms with Crippen molar-refractivity contribution in [2.45, 2.75) is 51.7 Å². The highest BCUT2D eigenvalue weighted by molar-refractivity contribution is 5.79. The zero-order chi connectivity index (χ0) is 18.8. The van der Waals surface area contributed by atoms with Gasteiger partial charge in [-0.05, 0) is 43.0 Å². The van der Waals surface area contributed by atoms with Gasteiger partial charge in [-0.25, -0.2) is 9.78 Å². The normalized spacial score (nSPS) is 20.0. The number of hydrogen-bond acceptors (Lipinski definition) is 4. The van der Waals surface area contributed by atoms with Crippen LogP contribution in [0.2, 0.25) is 0 Å². The van der Waals surface area contributed by atoms with Crippen LogP contribution >= 0.6 is 0 Å². The highest BCUT2D eigenvalue weighted by Gasteiger charge is 2.24. The number of aromatic nitrogens is 3. The number of nitrogens with zero attached hydrogens (tertiary/aromatic N) is 3. The van der Waals surface area contributed by atoms with Crippen LogP contribution in [0.25, 0.3) is 11.2 Å². The summed E-state index contributed by atoms with van der Waals surface area (Å²) in [6.07, 6.45) is 7.72. The summed E-state index contributed by atoms with van der Waals surface area (Å²) in [6, 6.07) is 7.38. The van der Waals surface area contributed by atoms with Gasteiger partial charge in [0.25, 0.3) is 0 Å². The van der Waals surface area contributed by atoms with E-state index in [1.165, 1.54) is 11.0 Å². The van der Waals surface area contributed by atoms with Crippen LogP contribution < -0.4 is 11.0 Å². The maximum absolute atomic E-state index is 13.0. The summed E-state index contributed by atoms with van der Waals surface area (Å²) in [5.74, 6) is 1.01. The summed E-state index contributed by atoms with van der Waals surface area (Å²) in [7, 11) is 0. The minimum atomic E-state index is -0.257. The molecule has 0 spiro atoms. The van der Waals surface area contributed by atoms with Crippen molar-refractivity contribution in [2.75, 3.05) is 0 Å². The van der Waals surface area contributed by atoms with E-state index in [4.69, 9.17) is 4.42 Å². The first kappa shape index (κ1) is 17.6. The van der Waals surface area contributed by atoms with Crippen molar-refractivity contribution < 1.29 is 9.21 Å². The predicted molar refractivity (Wildman–Crippen MR) is 101 cm³/mol. The van der Waals surface area contributed by atoms with E-state index in [-0.39, 0.29) is 30.7 Å². The van der Waals surface area contributed by atoms with Gasteiger partial charge in [-0.15, -0.1) is 0 Å². The first-order valence-electron chi connectivity index (χ1n) is 9.49. The Morgan fingerprint density at radius 3 is 2.89 bits per heavy atom. The number of rotatable bonds is 5. The van der Waals surface area contributed by atoms with Crippen LogP contribution in [0.1, 0.15) is 38.4 Å². The lowest BCUT2D eigenvalue weighted by atomic mass is 9.86. The molecule has 7 nitrogen and oxygen atoms in total. The van der Waals surface area contributed by atoms with Gasteiger partial charge < -0.3 is 9.73 Å². The number of carbonyl (C=O) groups excluding carboxylic acids is 1. The molecule has 7 heteroatoms. The lowest BCUT2D eigenvalue weighted by molar-refractivity contribution is -0.122. The molecule has 1 amide bonds. The fourth-order valence-electron chi connectivity index (χ4n) is 3.93. The van der Waals surface area contributed by atoms with Crippen molar-refractivity contribution in [2.24, 2.45) is 5.92 Å². The van der Waals surface area contributed by atoms with Gasteiger partial charge in [0.1, 0.15) is 12.3 Å². The Bertz CT molecular complexity index is 986. The molecule has 2 atom stereocenters. The smallest absolute Gasteiger partial charge is 0.331 e. The van der Waals surface area contributed by atoms with Crippen LogP contribution in [0.4, 0.5) is 0 Å². The highest BCUT2D eigenvalue weighted by Crippen LogP contribution is 2.23. The third-order valence-electron chi connectivity index (χ3n) is 5.43. The summed E-state index contributed by atoms with van der Waals surface area (Å²) >= 11 is 0. The molecule has 3 heterocycles. The summed E-state index contributed by atoms with van der Waals surface area (Å²) in [5.41, 5.74) is 0.950. The zero-order valence-corrected chi connectivity index (χ0v) is 15.4. The van der Waals surface area contributed by atoms with Crippen LogP contribution in [0.3, 0.4) is 0 Å². The van der Waals surface area contributed by atoms with Gasteiger partial charge in [0.05, 0.1) is 18.3 Å². The van der Waals surface area contributed by atoms with Gasteiger partial charge in [0.2, 0.25) is 5.91 Å². The molecule has 3 aromatic heterocycles. The second kappa shape index (κ2) is 7.42. The second-order valence-electron chi connectivity index (χ2n) is 7.32. The predicted octanol–water partition coefficient (Wildman–Crippen LogP) is 2.53. The average Bonchev–Trinajstić information content (AvgIpc) is 3.27. The van der Waals surface area contributed by atoms with Gasteiger partial charge >= 0.3 is 5.69 Å². The van der Waals surface area contributed by atoms with Gasteiger partial charge in [-0.2, -0.15) is 0 Å². The number of nitrogens with one attached hydrogen (secondary N) is 1. The zero-order valence-electron chi connectivity index (χ0n) is 15.4. The van der Waals surface area contributed by atoms with Crippen LogP contribution in [-0.2, 0) is 17.9 Å². The van der Waals surface area contributed by atoms with Gasteiger partial charge in [0.15, 0.2) is 5.65 Å². The molecule has 1 fully saturated rings. The summed E-state index contributed by atoms with van der Waals surface area (Å²) in [4.78, 5) is 29.9. The lowest BCUT2D eigenvalue weighted by Gasteiger charge is -2.29. The quantitative estimate of drug-likeness (QED) is 0.750. The van der Waals surface area contributed by atoms with Crippen LogP contribution in [0.15, 0.2) is 45.9 Å². The molecule has 4 rings (SSSR count). The molecule has 1 saturated carbocycles. The lowest BCUT2D eigenvalue weighted by Crippen LogP contribution is -2.43. The van der Waals surface area contributed by atoms with E-state index < -0.39 is 0 Å². The molecule has 27 heavy (non-hydrogen) atoms. The van der Waals surface area contributed by atoms with E-state index in [2.05, 4.69) is 17.2 Å². The molecule has 1 aliphatic carbocycles. The number of furan rings is 1. The maximum atomic E-state index is 13.0. The van der Waals surface area contributed by atoms with E-state index in [1.807, 2.05) is 12.1 Å². The number of fused-ring (bicyclic) bond motifs is 1. The van der Waals surface area contributed by atoms with E-state index in [9.17, 15) is 9.59 Å². The number of carbonyl (C=O) groups is 1. The van der Waals surface area contributed by atoms with Crippen LogP contribution in [-0.4, -0.2) is 26.1 Å². The molecular weight excluding hydrogens is 344 g/mol. The SMILES string of the molecule is C[C@@H]1CCCC[C@H]1NC(=O)Cn1c(=O)n(Cc2ccco2)c2ncccc21. The Labute approximate surface area is 157 Å². The van der Waals surface area contributed by atoms with Gasteiger partial charge in [-0.1, -0.05) is 19.8 Å². The van der Waals surface area contributed by atoms with Crippen molar-refractivity contribution in [1.29, 1.82) is 0 Å². The minimum Gasteiger partial charge on any atom is -0.467 e. The van der Waals surface area contributed by atoms with Crippen molar-refractivity contribution in [1.82, 2.24) is 19.4 Å². The number of hydrogen-bond donors (Lipinski definition) is 1. The molecule has 0 aromatic carbocycles. The van der Waals surface area contributed by atoms with E-state index in [0.29, 0.717) is 22.8 Å². The highest BCUT2D eigenvalue weighted by atomic mass is 16.3. The average molecular weight is 368 g/mol. The molecule has 0 saturated heterocycles. The number of amides is 1. The van der Waals surface area contributed by atoms with Crippen molar-refractivity contribution >= 4 is 17.1 Å². The Morgan fingerprint density at radius 1 is 1.26 bits per heavy atom. The summed E-state index contributed by atoms with van der Waals surface area (Å²) < 4.78 is 8.41. The molecule has 0 aliphatic heterocycles. The third-order valence-corrected chi connectivity index (χ3v) is 5.43. The van der Waals surface area contributed by atoms with Crippen molar-refractivity contribution in [3.05, 3.63) is 53.0 Å². The number of imidazole rings is 1. The maximum Gasteiger partial charge on any atom is 0.331 e. The van der Waals surface area contributed by atoms with Crippen molar-refractivity contribution in [3.63, 3.8) is 0 Å². The summed E-state index contributed by atoms with van der Waals surface area (Å²) in [6.45, 7) is 2.46. The largest absolute Gasteiger partial charge is 0.467 e. The van der Waals surface area contributed by atoms with Gasteiger partial charge in [-0.3, -0.25) is 13.9 Å². The Balaban J connectivity index is 1.60. The topological polar surface area (TPSA) is 82.1 Å². The van der Waals surface area contributed by atoms with E-state index in [0.717, 1.165) is 19.3 Å².